The molecule has 0 bridgehead atoms. The van der Waals surface area contributed by atoms with Crippen LogP contribution in [0.15, 0.2) is 42.6 Å². The molecule has 1 aliphatic carbocycles. The van der Waals surface area contributed by atoms with E-state index in [4.69, 9.17) is 20.9 Å². The highest BCUT2D eigenvalue weighted by molar-refractivity contribution is 6.03. The molecule has 5 aromatic rings. The number of hydrazine groups is 1. The number of nitrogens with zero attached hydrogens (tertiary/aromatic N) is 7. The van der Waals surface area contributed by atoms with Gasteiger partial charge in [0.2, 0.25) is 0 Å². The van der Waals surface area contributed by atoms with Crippen molar-refractivity contribution in [3.8, 4) is 35.4 Å². The Balaban J connectivity index is 1.11. The van der Waals surface area contributed by atoms with Crippen LogP contribution in [-0.4, -0.2) is 94.1 Å². The van der Waals surface area contributed by atoms with E-state index in [9.17, 15) is 31.9 Å². The number of halogens is 7. The molecule has 1 saturated carbocycles. The van der Waals surface area contributed by atoms with Crippen molar-refractivity contribution in [2.24, 2.45) is 5.41 Å². The number of carbonyl (C=O) groups excluding carboxylic acids is 1. The second-order valence-corrected chi connectivity index (χ2v) is 17.3. The molecule has 1 N–H and O–H groups in total. The summed E-state index contributed by atoms with van der Waals surface area (Å²) in [5, 5.41) is 14.4. The van der Waals surface area contributed by atoms with Crippen molar-refractivity contribution in [3.05, 3.63) is 77.0 Å². The van der Waals surface area contributed by atoms with Crippen molar-refractivity contribution < 1.29 is 50.1 Å². The van der Waals surface area contributed by atoms with Crippen LogP contribution < -0.4 is 14.6 Å². The summed E-state index contributed by atoms with van der Waals surface area (Å²) in [5.74, 6) is -2.77. The van der Waals surface area contributed by atoms with E-state index in [0.717, 1.165) is 25.3 Å². The first-order valence-electron chi connectivity index (χ1n) is 20.6. The number of terminal acetylenes is 1. The molecule has 0 unspecified atom stereocenters. The van der Waals surface area contributed by atoms with Crippen molar-refractivity contribution in [2.75, 3.05) is 62.3 Å². The summed E-state index contributed by atoms with van der Waals surface area (Å²) in [7, 11) is 0. The van der Waals surface area contributed by atoms with Gasteiger partial charge in [-0.1, -0.05) is 12.0 Å². The third-order valence-corrected chi connectivity index (χ3v) is 11.5. The zero-order chi connectivity index (χ0) is 45.0. The summed E-state index contributed by atoms with van der Waals surface area (Å²) in [4.78, 5) is 31.3. The molecule has 3 aromatic carbocycles. The van der Waals surface area contributed by atoms with E-state index < -0.39 is 46.7 Å². The smallest absolute Gasteiger partial charge is 0.429 e. The average Bonchev–Trinajstić information content (AvgIpc) is 4.02. The Bertz CT molecular complexity index is 2610. The lowest BCUT2D eigenvalue weighted by atomic mass is 9.96. The molecule has 3 aliphatic rings. The second-order valence-electron chi connectivity index (χ2n) is 17.3. The number of alkyl halides is 3. The molecule has 3 fully saturated rings. The van der Waals surface area contributed by atoms with Crippen LogP contribution in [0.2, 0.25) is 0 Å². The monoisotopic (exact) mass is 879 g/mol. The van der Waals surface area contributed by atoms with Crippen molar-refractivity contribution in [1.82, 2.24) is 24.9 Å². The lowest BCUT2D eigenvalue weighted by molar-refractivity contribution is -0.142. The van der Waals surface area contributed by atoms with Gasteiger partial charge in [-0.25, -0.2) is 27.4 Å². The third kappa shape index (κ3) is 8.93. The van der Waals surface area contributed by atoms with E-state index in [0.29, 0.717) is 69.6 Å². The van der Waals surface area contributed by atoms with Crippen LogP contribution >= 0.6 is 0 Å². The van der Waals surface area contributed by atoms with Gasteiger partial charge >= 0.3 is 18.3 Å². The molecular weight excluding hydrogens is 836 g/mol. The molecule has 0 spiro atoms. The van der Waals surface area contributed by atoms with E-state index in [1.165, 1.54) is 29.4 Å². The number of aromatic nitrogens is 3. The number of fused-ring (bicyclic) bond motifs is 2. The van der Waals surface area contributed by atoms with Crippen LogP contribution in [0, 0.1) is 41.0 Å². The molecule has 2 aromatic heterocycles. The normalized spacial score (nSPS) is 17.2. The summed E-state index contributed by atoms with van der Waals surface area (Å²) in [6, 6.07) is 6.41. The van der Waals surface area contributed by atoms with Gasteiger partial charge in [0.05, 0.1) is 17.6 Å². The largest absolute Gasteiger partial charge is 0.508 e. The van der Waals surface area contributed by atoms with Gasteiger partial charge in [-0.3, -0.25) is 14.9 Å². The fraction of sp³-hybridized carbons (Fsp3) is 0.422. The van der Waals surface area contributed by atoms with Crippen molar-refractivity contribution in [3.63, 3.8) is 0 Å². The maximum atomic E-state index is 17.2. The summed E-state index contributed by atoms with van der Waals surface area (Å²) in [5.41, 5.74) is -3.72. The fourth-order valence-corrected chi connectivity index (χ4v) is 8.28. The van der Waals surface area contributed by atoms with Crippen molar-refractivity contribution >= 4 is 39.3 Å². The maximum Gasteiger partial charge on any atom is 0.429 e. The number of hydrogen-bond donors (Lipinski definition) is 1. The summed E-state index contributed by atoms with van der Waals surface area (Å²) < 4.78 is 113. The van der Waals surface area contributed by atoms with E-state index in [1.807, 2.05) is 0 Å². The van der Waals surface area contributed by atoms with E-state index in [2.05, 4.69) is 20.8 Å². The number of rotatable bonds is 8. The topological polar surface area (TPSA) is 107 Å². The van der Waals surface area contributed by atoms with Crippen LogP contribution in [0.25, 0.3) is 32.9 Å². The third-order valence-electron chi connectivity index (χ3n) is 11.5. The number of anilines is 2. The Kier molecular flexibility index (Phi) is 11.4. The van der Waals surface area contributed by atoms with Crippen LogP contribution in [0.3, 0.4) is 0 Å². The van der Waals surface area contributed by atoms with Gasteiger partial charge in [-0.05, 0) is 88.6 Å². The van der Waals surface area contributed by atoms with Crippen molar-refractivity contribution in [2.45, 2.75) is 64.7 Å². The summed E-state index contributed by atoms with van der Waals surface area (Å²) >= 11 is 0. The molecule has 4 heterocycles. The van der Waals surface area contributed by atoms with Crippen molar-refractivity contribution in [1.29, 1.82) is 0 Å². The number of ether oxygens (including phenoxy) is 2. The number of piperazine rings is 1. The number of pyridine rings is 1. The van der Waals surface area contributed by atoms with E-state index >= 15 is 8.78 Å². The Hall–Kier alpha value is -6.09. The van der Waals surface area contributed by atoms with Gasteiger partial charge in [-0.15, -0.1) is 6.42 Å². The first-order valence-corrected chi connectivity index (χ1v) is 20.6. The molecule has 8 rings (SSSR count). The average molecular weight is 880 g/mol. The molecule has 63 heavy (non-hydrogen) atoms. The zero-order valence-electron chi connectivity index (χ0n) is 34.8. The van der Waals surface area contributed by atoms with Gasteiger partial charge in [0.1, 0.15) is 45.6 Å². The Morgan fingerprint density at radius 2 is 1.60 bits per heavy atom. The van der Waals surface area contributed by atoms with Gasteiger partial charge in [-0.2, -0.15) is 23.1 Å². The maximum absolute atomic E-state index is 17.2. The van der Waals surface area contributed by atoms with Gasteiger partial charge in [0, 0.05) is 74.1 Å². The minimum atomic E-state index is -5.16. The predicted octanol–water partition coefficient (Wildman–Crippen LogP) is 9.23. The van der Waals surface area contributed by atoms with E-state index in [-0.39, 0.29) is 74.9 Å². The number of aromatic hydroxyl groups is 1. The molecule has 2 saturated heterocycles. The minimum absolute atomic E-state index is 0.0208. The second kappa shape index (κ2) is 16.6. The first-order chi connectivity index (χ1) is 29.8. The Morgan fingerprint density at radius 3 is 2.25 bits per heavy atom. The van der Waals surface area contributed by atoms with Gasteiger partial charge < -0.3 is 19.5 Å². The molecule has 0 atom stereocenters. The summed E-state index contributed by atoms with van der Waals surface area (Å²) in [6.45, 7) is 8.01. The zero-order valence-corrected chi connectivity index (χ0v) is 34.8. The highest BCUT2D eigenvalue weighted by Crippen LogP contribution is 2.47. The highest BCUT2D eigenvalue weighted by atomic mass is 19.4. The molecule has 18 heteroatoms. The molecule has 11 nitrogen and oxygen atoms in total. The fourth-order valence-electron chi connectivity index (χ4n) is 8.28. The number of benzene rings is 3. The SMILES string of the molecule is C#Cc1c(F)ccc2cc(O)cc(-c3ncc4c(N5CCCCCN5C(=O)OC(C)(C)C)nc(OCC5(CN6CCN(c7cc(F)c(C(F)(F)F)c(F)c7)CC6)CC5)nc4c3F)c12. The number of amides is 1. The molecule has 1 amide bonds. The predicted molar refractivity (Wildman–Crippen MR) is 221 cm³/mol. The van der Waals surface area contributed by atoms with Gasteiger partial charge in [0.25, 0.3) is 0 Å². The Labute approximate surface area is 358 Å². The van der Waals surface area contributed by atoms with E-state index in [1.54, 1.807) is 30.7 Å². The van der Waals surface area contributed by atoms with Crippen LogP contribution in [0.5, 0.6) is 11.8 Å². The lowest BCUT2D eigenvalue weighted by Gasteiger charge is -2.38. The number of phenols is 1. The number of hydrogen-bond acceptors (Lipinski definition) is 10. The molecule has 332 valence electrons. The highest BCUT2D eigenvalue weighted by Gasteiger charge is 2.46. The van der Waals surface area contributed by atoms with Crippen LogP contribution in [0.1, 0.15) is 64.0 Å². The molecule has 2 aliphatic heterocycles. The summed E-state index contributed by atoms with van der Waals surface area (Å²) in [6.07, 6.45) is 4.90. The standard InChI is InChI=1S/C45H44F7N7O4/c1-5-29-32(46)10-9-26-19-28(60)22-30(35(26)29)38-37(49)39-31(23-53-38)40(58-13-7-6-8-14-59(58)42(61)63-43(2,3)4)55-41(54-39)62-25-44(11-12-44)24-56-15-17-57(18-16-56)27-20-33(47)36(34(48)21-27)45(50,51)52/h1,9-10,19-23,60H,6-8,11-18,24-25H2,2-4H3. The number of carbonyl (C=O) groups is 1. The molecule has 0 radical (unpaired) electrons. The quantitative estimate of drug-likeness (QED) is 0.120. The van der Waals surface area contributed by atoms with Crippen LogP contribution in [0.4, 0.5) is 47.0 Å². The minimum Gasteiger partial charge on any atom is -0.508 e. The van der Waals surface area contributed by atoms with Crippen LogP contribution in [-0.2, 0) is 10.9 Å². The number of phenolic OH excluding ortho intramolecular Hbond substituents is 1. The lowest BCUT2D eigenvalue weighted by Crippen LogP contribution is -2.49. The van der Waals surface area contributed by atoms with Gasteiger partial charge in [0.15, 0.2) is 11.6 Å². The first kappa shape index (κ1) is 43.6. The Morgan fingerprint density at radius 1 is 0.905 bits per heavy atom. The molecular formula is C45H44F7N7O4.